The van der Waals surface area contributed by atoms with Crippen molar-refractivity contribution in [2.45, 2.75) is 31.8 Å². The Labute approximate surface area is 105 Å². The highest BCUT2D eigenvalue weighted by Crippen LogP contribution is 2.21. The van der Waals surface area contributed by atoms with Gasteiger partial charge in [0.25, 0.3) is 5.91 Å². The van der Waals surface area contributed by atoms with E-state index in [2.05, 4.69) is 10.6 Å². The van der Waals surface area contributed by atoms with Crippen LogP contribution in [0.4, 0.5) is 0 Å². The maximum absolute atomic E-state index is 12.3. The Bertz CT molecular complexity index is 384. The molecular formula is C11H18N4O3. The van der Waals surface area contributed by atoms with Crippen molar-refractivity contribution < 1.29 is 14.4 Å². The lowest BCUT2D eigenvalue weighted by atomic mass is 10.1. The first-order valence-corrected chi connectivity index (χ1v) is 6.12. The predicted molar refractivity (Wildman–Crippen MR) is 63.1 cm³/mol. The maximum atomic E-state index is 12.3. The number of hydrogen-bond acceptors (Lipinski definition) is 4. The number of rotatable bonds is 1. The number of fused-ring (bicyclic) bond motifs is 1. The molecule has 18 heavy (non-hydrogen) atoms. The highest BCUT2D eigenvalue weighted by molar-refractivity contribution is 5.94. The molecule has 2 aliphatic rings. The van der Waals surface area contributed by atoms with E-state index < -0.39 is 12.1 Å². The molecule has 2 atom stereocenters. The van der Waals surface area contributed by atoms with E-state index in [1.54, 1.807) is 7.05 Å². The maximum Gasteiger partial charge on any atom is 0.260 e. The molecule has 7 heteroatoms. The zero-order valence-electron chi connectivity index (χ0n) is 10.6. The van der Waals surface area contributed by atoms with Crippen molar-refractivity contribution in [3.8, 4) is 0 Å². The summed E-state index contributed by atoms with van der Waals surface area (Å²) < 4.78 is 0. The second kappa shape index (κ2) is 4.93. The molecule has 2 N–H and O–H groups in total. The van der Waals surface area contributed by atoms with Crippen molar-refractivity contribution in [3.05, 3.63) is 0 Å². The molecule has 7 nitrogen and oxygen atoms in total. The number of likely N-dealkylation sites (N-methyl/N-ethyl adjacent to an activating group) is 1. The molecule has 0 aromatic rings. The molecule has 2 fully saturated rings. The molecular weight excluding hydrogens is 236 g/mol. The quantitative estimate of drug-likeness (QED) is 0.594. The van der Waals surface area contributed by atoms with Gasteiger partial charge >= 0.3 is 0 Å². The van der Waals surface area contributed by atoms with Crippen LogP contribution in [0.15, 0.2) is 0 Å². The Balaban J connectivity index is 2.34. The third-order valence-electron chi connectivity index (χ3n) is 3.42. The first-order chi connectivity index (χ1) is 8.56. The van der Waals surface area contributed by atoms with E-state index in [0.717, 1.165) is 6.42 Å². The number of hydrazine groups is 1. The first kappa shape index (κ1) is 12.8. The average molecular weight is 254 g/mol. The summed E-state index contributed by atoms with van der Waals surface area (Å²) in [4.78, 5) is 35.9. The Kier molecular flexibility index (Phi) is 3.51. The fourth-order valence-electron chi connectivity index (χ4n) is 2.45. The minimum atomic E-state index is -0.562. The highest BCUT2D eigenvalue weighted by atomic mass is 16.2. The van der Waals surface area contributed by atoms with Gasteiger partial charge in [0.05, 0.1) is 0 Å². The van der Waals surface area contributed by atoms with E-state index in [9.17, 15) is 14.4 Å². The number of carbonyl (C=O) groups excluding carboxylic acids is 3. The molecule has 100 valence electrons. The summed E-state index contributed by atoms with van der Waals surface area (Å²) in [5.41, 5.74) is 0. The Morgan fingerprint density at radius 1 is 1.44 bits per heavy atom. The van der Waals surface area contributed by atoms with Gasteiger partial charge in [-0.2, -0.15) is 0 Å². The zero-order valence-corrected chi connectivity index (χ0v) is 10.6. The number of nitrogens with zero attached hydrogens (tertiary/aromatic N) is 2. The summed E-state index contributed by atoms with van der Waals surface area (Å²) in [6.45, 7) is 2.15. The third kappa shape index (κ3) is 2.05. The third-order valence-corrected chi connectivity index (χ3v) is 3.42. The van der Waals surface area contributed by atoms with Crippen LogP contribution in [0.3, 0.4) is 0 Å². The molecule has 3 amide bonds. The summed E-state index contributed by atoms with van der Waals surface area (Å²) >= 11 is 0. The lowest BCUT2D eigenvalue weighted by Gasteiger charge is -2.42. The van der Waals surface area contributed by atoms with Gasteiger partial charge in [0.2, 0.25) is 11.8 Å². The summed E-state index contributed by atoms with van der Waals surface area (Å²) in [7, 11) is 1.66. The minimum Gasteiger partial charge on any atom is -0.352 e. The van der Waals surface area contributed by atoms with E-state index in [-0.39, 0.29) is 24.3 Å². The van der Waals surface area contributed by atoms with Crippen molar-refractivity contribution in [1.82, 2.24) is 20.7 Å². The van der Waals surface area contributed by atoms with Crippen molar-refractivity contribution in [1.29, 1.82) is 0 Å². The normalized spacial score (nSPS) is 28.6. The Morgan fingerprint density at radius 3 is 2.78 bits per heavy atom. The lowest BCUT2D eigenvalue weighted by Crippen LogP contribution is -2.61. The summed E-state index contributed by atoms with van der Waals surface area (Å²) in [6, 6.07) is -1.05. The summed E-state index contributed by atoms with van der Waals surface area (Å²) in [5, 5.41) is 8.30. The van der Waals surface area contributed by atoms with Gasteiger partial charge < -0.3 is 10.6 Å². The summed E-state index contributed by atoms with van der Waals surface area (Å²) in [6.07, 6.45) is 1.32. The topological polar surface area (TPSA) is 81.8 Å². The number of carbonyl (C=O) groups is 3. The van der Waals surface area contributed by atoms with Gasteiger partial charge in [-0.05, 0) is 19.9 Å². The fraction of sp³-hybridized carbons (Fsp3) is 0.727. The van der Waals surface area contributed by atoms with E-state index in [1.165, 1.54) is 16.9 Å². The van der Waals surface area contributed by atoms with Crippen LogP contribution in [0.5, 0.6) is 0 Å². The van der Waals surface area contributed by atoms with Crippen molar-refractivity contribution in [2.24, 2.45) is 0 Å². The molecule has 0 saturated carbocycles. The minimum absolute atomic E-state index is 0.188. The number of nitrogens with one attached hydrogen (secondary N) is 2. The summed E-state index contributed by atoms with van der Waals surface area (Å²) in [5.74, 6) is -0.625. The molecule has 0 spiro atoms. The number of amides is 3. The number of hydrogen-bond donors (Lipinski definition) is 2. The van der Waals surface area contributed by atoms with E-state index in [4.69, 9.17) is 0 Å². The van der Waals surface area contributed by atoms with Gasteiger partial charge in [-0.3, -0.25) is 19.4 Å². The second-order valence-corrected chi connectivity index (χ2v) is 4.57. The van der Waals surface area contributed by atoms with Gasteiger partial charge in [-0.25, -0.2) is 5.01 Å². The lowest BCUT2D eigenvalue weighted by molar-refractivity contribution is -0.175. The first-order valence-electron chi connectivity index (χ1n) is 6.12. The highest BCUT2D eigenvalue weighted by Gasteiger charge is 2.43. The molecule has 0 aromatic carbocycles. The molecule has 0 aromatic heterocycles. The van der Waals surface area contributed by atoms with Gasteiger partial charge in [0.1, 0.15) is 12.1 Å². The average Bonchev–Trinajstić information content (AvgIpc) is 2.48. The van der Waals surface area contributed by atoms with Gasteiger partial charge in [0, 0.05) is 20.0 Å². The van der Waals surface area contributed by atoms with Crippen LogP contribution in [0.25, 0.3) is 0 Å². The van der Waals surface area contributed by atoms with Gasteiger partial charge in [-0.1, -0.05) is 0 Å². The van der Waals surface area contributed by atoms with Crippen molar-refractivity contribution in [2.75, 3.05) is 20.1 Å². The fourth-order valence-corrected chi connectivity index (χ4v) is 2.45. The predicted octanol–water partition coefficient (Wildman–Crippen LogP) is -1.54. The van der Waals surface area contributed by atoms with Gasteiger partial charge in [-0.15, -0.1) is 0 Å². The van der Waals surface area contributed by atoms with Crippen molar-refractivity contribution >= 4 is 17.7 Å². The molecule has 2 rings (SSSR count). The van der Waals surface area contributed by atoms with E-state index in [1.807, 2.05) is 0 Å². The van der Waals surface area contributed by atoms with Crippen LogP contribution >= 0.6 is 0 Å². The van der Waals surface area contributed by atoms with E-state index in [0.29, 0.717) is 13.0 Å². The molecule has 0 radical (unpaired) electrons. The van der Waals surface area contributed by atoms with Crippen molar-refractivity contribution in [3.63, 3.8) is 0 Å². The standard InChI is InChI=1S/C11H18N4O3/c1-7(16)14-5-3-4-9-10(17)13-6-8(12-2)11(18)15(9)14/h8-9,12H,3-6H2,1-2H3,(H,13,17). The molecule has 2 saturated heterocycles. The zero-order chi connectivity index (χ0) is 13.3. The van der Waals surface area contributed by atoms with Crippen LogP contribution < -0.4 is 10.6 Å². The second-order valence-electron chi connectivity index (χ2n) is 4.57. The molecule has 2 heterocycles. The Morgan fingerprint density at radius 2 is 2.17 bits per heavy atom. The van der Waals surface area contributed by atoms with Gasteiger partial charge in [0.15, 0.2) is 0 Å². The molecule has 2 unspecified atom stereocenters. The SMILES string of the molecule is CNC1CNC(=O)C2CCCN(C(C)=O)N2C1=O. The molecule has 2 aliphatic heterocycles. The largest absolute Gasteiger partial charge is 0.352 e. The van der Waals surface area contributed by atoms with Crippen LogP contribution in [-0.4, -0.2) is 60.0 Å². The van der Waals surface area contributed by atoms with Crippen LogP contribution in [0, 0.1) is 0 Å². The monoisotopic (exact) mass is 254 g/mol. The Hall–Kier alpha value is -1.63. The van der Waals surface area contributed by atoms with Crippen LogP contribution in [-0.2, 0) is 14.4 Å². The molecule has 0 bridgehead atoms. The van der Waals surface area contributed by atoms with E-state index >= 15 is 0 Å². The smallest absolute Gasteiger partial charge is 0.260 e. The van der Waals surface area contributed by atoms with Crippen LogP contribution in [0.1, 0.15) is 19.8 Å². The van der Waals surface area contributed by atoms with Crippen LogP contribution in [0.2, 0.25) is 0 Å². The molecule has 0 aliphatic carbocycles.